The largest absolute Gasteiger partial charge is 0.382 e. The van der Waals surface area contributed by atoms with Gasteiger partial charge in [-0.25, -0.2) is 0 Å². The zero-order valence-corrected chi connectivity index (χ0v) is 14.2. The number of nitro groups is 1. The molecule has 1 aliphatic rings. The SMILES string of the molecule is Cc1cccc(NC2CCN(c3ccc(C)cc3[N+](=O)[O-])CC2)c1. The molecule has 0 unspecified atom stereocenters. The lowest BCUT2D eigenvalue weighted by atomic mass is 10.0. The first kappa shape index (κ1) is 16.3. The lowest BCUT2D eigenvalue weighted by Crippen LogP contribution is -2.39. The van der Waals surface area contributed by atoms with Crippen LogP contribution in [0.2, 0.25) is 0 Å². The summed E-state index contributed by atoms with van der Waals surface area (Å²) in [6.07, 6.45) is 1.94. The van der Waals surface area contributed by atoms with Crippen LogP contribution in [-0.4, -0.2) is 24.1 Å². The Morgan fingerprint density at radius 1 is 1.08 bits per heavy atom. The molecule has 2 aromatic rings. The molecule has 1 saturated heterocycles. The van der Waals surface area contributed by atoms with Crippen molar-refractivity contribution in [3.63, 3.8) is 0 Å². The number of benzene rings is 2. The second-order valence-electron chi connectivity index (χ2n) is 6.52. The van der Waals surface area contributed by atoms with Crippen molar-refractivity contribution in [2.75, 3.05) is 23.3 Å². The van der Waals surface area contributed by atoms with E-state index < -0.39 is 0 Å². The highest BCUT2D eigenvalue weighted by Crippen LogP contribution is 2.31. The van der Waals surface area contributed by atoms with E-state index in [-0.39, 0.29) is 10.6 Å². The van der Waals surface area contributed by atoms with Gasteiger partial charge in [0.15, 0.2) is 0 Å². The highest BCUT2D eigenvalue weighted by molar-refractivity contribution is 5.64. The molecular weight excluding hydrogens is 302 g/mol. The van der Waals surface area contributed by atoms with Crippen LogP contribution in [0.1, 0.15) is 24.0 Å². The number of nitrogens with one attached hydrogen (secondary N) is 1. The molecule has 1 heterocycles. The van der Waals surface area contributed by atoms with E-state index in [1.54, 1.807) is 6.07 Å². The van der Waals surface area contributed by atoms with Gasteiger partial charge in [-0.1, -0.05) is 18.2 Å². The Balaban J connectivity index is 1.66. The van der Waals surface area contributed by atoms with Crippen molar-refractivity contribution in [3.05, 3.63) is 63.7 Å². The second kappa shape index (κ2) is 6.91. The van der Waals surface area contributed by atoms with Crippen LogP contribution in [0.15, 0.2) is 42.5 Å². The lowest BCUT2D eigenvalue weighted by molar-refractivity contribution is -0.384. The molecule has 24 heavy (non-hydrogen) atoms. The van der Waals surface area contributed by atoms with Crippen LogP contribution in [0, 0.1) is 24.0 Å². The number of nitro benzene ring substituents is 1. The van der Waals surface area contributed by atoms with Gasteiger partial charge in [0.25, 0.3) is 5.69 Å². The predicted octanol–water partition coefficient (Wildman–Crippen LogP) is 4.29. The normalized spacial score (nSPS) is 15.3. The average molecular weight is 325 g/mol. The third-order valence-electron chi connectivity index (χ3n) is 4.55. The summed E-state index contributed by atoms with van der Waals surface area (Å²) in [5.74, 6) is 0. The van der Waals surface area contributed by atoms with Crippen LogP contribution >= 0.6 is 0 Å². The average Bonchev–Trinajstić information content (AvgIpc) is 2.56. The topological polar surface area (TPSA) is 58.4 Å². The smallest absolute Gasteiger partial charge is 0.292 e. The van der Waals surface area contributed by atoms with E-state index in [1.807, 2.05) is 19.1 Å². The summed E-state index contributed by atoms with van der Waals surface area (Å²) in [4.78, 5) is 13.2. The number of anilines is 2. The standard InChI is InChI=1S/C19H23N3O2/c1-14-4-3-5-17(12-14)20-16-8-10-21(11-9-16)18-7-6-15(2)13-19(18)22(23)24/h3-7,12-13,16,20H,8-11H2,1-2H3. The Hall–Kier alpha value is -2.56. The highest BCUT2D eigenvalue weighted by Gasteiger charge is 2.24. The van der Waals surface area contributed by atoms with Gasteiger partial charge in [-0.2, -0.15) is 0 Å². The van der Waals surface area contributed by atoms with Gasteiger partial charge >= 0.3 is 0 Å². The summed E-state index contributed by atoms with van der Waals surface area (Å²) in [6, 6.07) is 14.3. The van der Waals surface area contributed by atoms with E-state index in [9.17, 15) is 10.1 Å². The number of hydrogen-bond donors (Lipinski definition) is 1. The molecule has 3 rings (SSSR count). The molecule has 0 amide bonds. The molecule has 2 aromatic carbocycles. The van der Waals surface area contributed by atoms with Crippen LogP contribution in [0.25, 0.3) is 0 Å². The highest BCUT2D eigenvalue weighted by atomic mass is 16.6. The maximum absolute atomic E-state index is 11.3. The van der Waals surface area contributed by atoms with Crippen molar-refractivity contribution in [3.8, 4) is 0 Å². The summed E-state index contributed by atoms with van der Waals surface area (Å²) < 4.78 is 0. The molecule has 126 valence electrons. The molecule has 0 aromatic heterocycles. The Labute approximate surface area is 142 Å². The number of piperidine rings is 1. The van der Waals surface area contributed by atoms with E-state index in [0.29, 0.717) is 6.04 Å². The van der Waals surface area contributed by atoms with Crippen LogP contribution in [0.4, 0.5) is 17.1 Å². The number of rotatable bonds is 4. The van der Waals surface area contributed by atoms with Crippen LogP contribution in [0.3, 0.4) is 0 Å². The van der Waals surface area contributed by atoms with E-state index in [0.717, 1.165) is 42.9 Å². The summed E-state index contributed by atoms with van der Waals surface area (Å²) in [6.45, 7) is 5.62. The zero-order valence-electron chi connectivity index (χ0n) is 14.2. The number of nitrogens with zero attached hydrogens (tertiary/aromatic N) is 2. The Morgan fingerprint density at radius 3 is 2.46 bits per heavy atom. The summed E-state index contributed by atoms with van der Waals surface area (Å²) >= 11 is 0. The summed E-state index contributed by atoms with van der Waals surface area (Å²) in [5, 5.41) is 14.9. The molecule has 1 aliphatic heterocycles. The van der Waals surface area contributed by atoms with Crippen molar-refractivity contribution in [1.29, 1.82) is 0 Å². The first-order valence-corrected chi connectivity index (χ1v) is 8.36. The van der Waals surface area contributed by atoms with Crippen LogP contribution in [-0.2, 0) is 0 Å². The fourth-order valence-electron chi connectivity index (χ4n) is 3.28. The van der Waals surface area contributed by atoms with Gasteiger partial charge in [0.1, 0.15) is 5.69 Å². The van der Waals surface area contributed by atoms with Crippen molar-refractivity contribution in [1.82, 2.24) is 0 Å². The summed E-state index contributed by atoms with van der Waals surface area (Å²) in [5.41, 5.74) is 4.25. The van der Waals surface area contributed by atoms with E-state index in [4.69, 9.17) is 0 Å². The maximum Gasteiger partial charge on any atom is 0.292 e. The summed E-state index contributed by atoms with van der Waals surface area (Å²) in [7, 11) is 0. The Morgan fingerprint density at radius 2 is 1.79 bits per heavy atom. The molecule has 0 spiro atoms. The van der Waals surface area contributed by atoms with Crippen LogP contribution in [0.5, 0.6) is 0 Å². The van der Waals surface area contributed by atoms with Gasteiger partial charge in [-0.3, -0.25) is 10.1 Å². The minimum Gasteiger partial charge on any atom is -0.382 e. The van der Waals surface area contributed by atoms with Crippen molar-refractivity contribution >= 4 is 17.1 Å². The maximum atomic E-state index is 11.3. The lowest BCUT2D eigenvalue weighted by Gasteiger charge is -2.34. The van der Waals surface area contributed by atoms with Gasteiger partial charge in [-0.15, -0.1) is 0 Å². The fraction of sp³-hybridized carbons (Fsp3) is 0.368. The Kier molecular flexibility index (Phi) is 4.69. The minimum absolute atomic E-state index is 0.208. The van der Waals surface area contributed by atoms with E-state index in [1.165, 1.54) is 5.56 Å². The monoisotopic (exact) mass is 325 g/mol. The fourth-order valence-corrected chi connectivity index (χ4v) is 3.28. The predicted molar refractivity (Wildman–Crippen MR) is 97.9 cm³/mol. The van der Waals surface area contributed by atoms with Gasteiger partial charge < -0.3 is 10.2 Å². The molecule has 1 fully saturated rings. The number of hydrogen-bond acceptors (Lipinski definition) is 4. The van der Waals surface area contributed by atoms with E-state index >= 15 is 0 Å². The zero-order chi connectivity index (χ0) is 17.1. The van der Waals surface area contributed by atoms with Gasteiger partial charge in [0.2, 0.25) is 0 Å². The first-order valence-electron chi connectivity index (χ1n) is 8.36. The molecule has 0 bridgehead atoms. The van der Waals surface area contributed by atoms with Crippen molar-refractivity contribution < 1.29 is 4.92 Å². The molecule has 5 nitrogen and oxygen atoms in total. The quantitative estimate of drug-likeness (QED) is 0.673. The molecule has 0 saturated carbocycles. The van der Waals surface area contributed by atoms with Crippen molar-refractivity contribution in [2.24, 2.45) is 0 Å². The van der Waals surface area contributed by atoms with Crippen molar-refractivity contribution in [2.45, 2.75) is 32.7 Å². The molecule has 0 aliphatic carbocycles. The van der Waals surface area contributed by atoms with E-state index in [2.05, 4.69) is 41.4 Å². The molecule has 0 radical (unpaired) electrons. The van der Waals surface area contributed by atoms with Crippen LogP contribution < -0.4 is 10.2 Å². The van der Waals surface area contributed by atoms with Gasteiger partial charge in [0, 0.05) is 30.9 Å². The third-order valence-corrected chi connectivity index (χ3v) is 4.55. The third kappa shape index (κ3) is 3.67. The number of aryl methyl sites for hydroxylation is 2. The first-order chi connectivity index (χ1) is 11.5. The molecule has 1 N–H and O–H groups in total. The second-order valence-corrected chi connectivity index (χ2v) is 6.52. The molecule has 5 heteroatoms. The minimum atomic E-state index is -0.278. The van der Waals surface area contributed by atoms with Gasteiger partial charge in [-0.05, 0) is 56.0 Å². The van der Waals surface area contributed by atoms with Gasteiger partial charge in [0.05, 0.1) is 4.92 Å². The Bertz CT molecular complexity index is 737. The molecule has 0 atom stereocenters. The molecular formula is C19H23N3O2.